The molecular formula is C10H10ClNO. The van der Waals surface area contributed by atoms with Gasteiger partial charge in [0.15, 0.2) is 0 Å². The number of hydrogen-bond donors (Lipinski definition) is 0. The van der Waals surface area contributed by atoms with Crippen LogP contribution in [0.3, 0.4) is 0 Å². The van der Waals surface area contributed by atoms with E-state index in [1.54, 1.807) is 13.0 Å². The van der Waals surface area contributed by atoms with Gasteiger partial charge in [-0.15, -0.1) is 0 Å². The van der Waals surface area contributed by atoms with Crippen LogP contribution >= 0.6 is 11.6 Å². The van der Waals surface area contributed by atoms with Crippen molar-refractivity contribution in [1.29, 1.82) is 5.26 Å². The topological polar surface area (TPSA) is 33.0 Å². The molecule has 0 aliphatic heterocycles. The van der Waals surface area contributed by atoms with Gasteiger partial charge >= 0.3 is 0 Å². The molecule has 1 aromatic rings. The number of rotatable bonds is 3. The minimum Gasteiger partial charge on any atom is -0.359 e. The fourth-order valence-corrected chi connectivity index (χ4v) is 1.10. The van der Waals surface area contributed by atoms with Crippen LogP contribution in [0, 0.1) is 11.3 Å². The van der Waals surface area contributed by atoms with Gasteiger partial charge in [0.05, 0.1) is 12.7 Å². The number of ether oxygens (including phenoxy) is 1. The van der Waals surface area contributed by atoms with Crippen molar-refractivity contribution in [3.8, 4) is 6.07 Å². The zero-order valence-corrected chi connectivity index (χ0v) is 8.08. The van der Waals surface area contributed by atoms with Crippen LogP contribution in [0.1, 0.15) is 12.5 Å². The van der Waals surface area contributed by atoms with E-state index in [4.69, 9.17) is 21.6 Å². The van der Waals surface area contributed by atoms with Crippen molar-refractivity contribution in [1.82, 2.24) is 0 Å². The second kappa shape index (κ2) is 4.86. The minimum absolute atomic E-state index is 0.376. The molecule has 68 valence electrons. The Labute approximate surface area is 82.7 Å². The Hall–Kier alpha value is -1.04. The van der Waals surface area contributed by atoms with Crippen LogP contribution in [0.25, 0.3) is 0 Å². The maximum Gasteiger partial charge on any atom is 0.141 e. The van der Waals surface area contributed by atoms with Crippen LogP contribution in [-0.2, 0) is 11.3 Å². The summed E-state index contributed by atoms with van der Waals surface area (Å²) in [6, 6.07) is 9.40. The summed E-state index contributed by atoms with van der Waals surface area (Å²) in [4.78, 5) is 0. The first-order chi connectivity index (χ1) is 6.22. The summed E-state index contributed by atoms with van der Waals surface area (Å²) in [6.07, 6.45) is -0.376. The van der Waals surface area contributed by atoms with Gasteiger partial charge in [-0.2, -0.15) is 5.26 Å². The molecule has 0 fully saturated rings. The predicted molar refractivity (Wildman–Crippen MR) is 51.3 cm³/mol. The maximum absolute atomic E-state index is 8.47. The Morgan fingerprint density at radius 1 is 1.62 bits per heavy atom. The molecule has 1 rings (SSSR count). The van der Waals surface area contributed by atoms with Gasteiger partial charge in [-0.1, -0.05) is 23.7 Å². The molecule has 1 aromatic carbocycles. The van der Waals surface area contributed by atoms with Gasteiger partial charge in [-0.25, -0.2) is 0 Å². The molecule has 0 saturated carbocycles. The van der Waals surface area contributed by atoms with Gasteiger partial charge in [0.2, 0.25) is 0 Å². The molecule has 0 aliphatic rings. The molecule has 0 bridgehead atoms. The van der Waals surface area contributed by atoms with Crippen molar-refractivity contribution in [3.63, 3.8) is 0 Å². The number of halogens is 1. The first-order valence-electron chi connectivity index (χ1n) is 3.98. The Kier molecular flexibility index (Phi) is 3.75. The van der Waals surface area contributed by atoms with Crippen molar-refractivity contribution in [3.05, 3.63) is 34.9 Å². The van der Waals surface area contributed by atoms with E-state index < -0.39 is 0 Å². The smallest absolute Gasteiger partial charge is 0.141 e. The fraction of sp³-hybridized carbons (Fsp3) is 0.300. The molecule has 0 radical (unpaired) electrons. The molecule has 1 atom stereocenters. The summed E-state index contributed by atoms with van der Waals surface area (Å²) < 4.78 is 5.21. The third-order valence-corrected chi connectivity index (χ3v) is 1.81. The van der Waals surface area contributed by atoms with Crippen LogP contribution < -0.4 is 0 Å². The first kappa shape index (κ1) is 10.0. The van der Waals surface area contributed by atoms with Crippen LogP contribution in [0.15, 0.2) is 24.3 Å². The average Bonchev–Trinajstić information content (AvgIpc) is 2.14. The van der Waals surface area contributed by atoms with E-state index in [0.717, 1.165) is 5.56 Å². The number of benzene rings is 1. The zero-order chi connectivity index (χ0) is 9.68. The quantitative estimate of drug-likeness (QED) is 0.743. The molecule has 0 heterocycles. The Bertz CT molecular complexity index is 319. The van der Waals surface area contributed by atoms with E-state index >= 15 is 0 Å². The molecule has 2 nitrogen and oxygen atoms in total. The Morgan fingerprint density at radius 3 is 3.00 bits per heavy atom. The van der Waals surface area contributed by atoms with Gasteiger partial charge in [-0.3, -0.25) is 0 Å². The van der Waals surface area contributed by atoms with Gasteiger partial charge in [-0.05, 0) is 24.6 Å². The summed E-state index contributed by atoms with van der Waals surface area (Å²) >= 11 is 5.77. The highest BCUT2D eigenvalue weighted by molar-refractivity contribution is 6.30. The van der Waals surface area contributed by atoms with E-state index in [2.05, 4.69) is 0 Å². The second-order valence-electron chi connectivity index (χ2n) is 2.71. The monoisotopic (exact) mass is 195 g/mol. The first-order valence-corrected chi connectivity index (χ1v) is 4.36. The SMILES string of the molecule is CC(C#N)OCc1cccc(Cl)c1. The largest absolute Gasteiger partial charge is 0.359 e. The molecule has 0 N–H and O–H groups in total. The van der Waals surface area contributed by atoms with E-state index in [1.807, 2.05) is 24.3 Å². The van der Waals surface area contributed by atoms with E-state index in [-0.39, 0.29) is 6.10 Å². The van der Waals surface area contributed by atoms with Crippen LogP contribution in [0.5, 0.6) is 0 Å². The lowest BCUT2D eigenvalue weighted by Gasteiger charge is -2.05. The lowest BCUT2D eigenvalue weighted by Crippen LogP contribution is -2.04. The predicted octanol–water partition coefficient (Wildman–Crippen LogP) is 2.77. The highest BCUT2D eigenvalue weighted by Crippen LogP contribution is 2.11. The molecule has 0 saturated heterocycles. The van der Waals surface area contributed by atoms with Crippen molar-refractivity contribution < 1.29 is 4.74 Å². The van der Waals surface area contributed by atoms with E-state index in [1.165, 1.54) is 0 Å². The molecule has 0 aromatic heterocycles. The summed E-state index contributed by atoms with van der Waals surface area (Å²) in [7, 11) is 0. The standard InChI is InChI=1S/C10H10ClNO/c1-8(6-12)13-7-9-3-2-4-10(11)5-9/h2-5,8H,7H2,1H3. The molecule has 13 heavy (non-hydrogen) atoms. The van der Waals surface area contributed by atoms with Crippen molar-refractivity contribution in [2.75, 3.05) is 0 Å². The lowest BCUT2D eigenvalue weighted by atomic mass is 10.2. The van der Waals surface area contributed by atoms with E-state index in [0.29, 0.717) is 11.6 Å². The summed E-state index contributed by atoms with van der Waals surface area (Å²) in [5.74, 6) is 0. The maximum atomic E-state index is 8.47. The van der Waals surface area contributed by atoms with Gasteiger partial charge < -0.3 is 4.74 Å². The molecule has 0 aliphatic carbocycles. The zero-order valence-electron chi connectivity index (χ0n) is 7.33. The second-order valence-corrected chi connectivity index (χ2v) is 3.15. The van der Waals surface area contributed by atoms with Crippen molar-refractivity contribution >= 4 is 11.6 Å². The van der Waals surface area contributed by atoms with Crippen LogP contribution in [0.2, 0.25) is 5.02 Å². The van der Waals surface area contributed by atoms with Gasteiger partial charge in [0.25, 0.3) is 0 Å². The summed E-state index contributed by atoms with van der Waals surface area (Å²) in [5.41, 5.74) is 0.981. The number of hydrogen-bond acceptors (Lipinski definition) is 2. The minimum atomic E-state index is -0.376. The molecular weight excluding hydrogens is 186 g/mol. The lowest BCUT2D eigenvalue weighted by molar-refractivity contribution is 0.0887. The Morgan fingerprint density at radius 2 is 2.38 bits per heavy atom. The number of nitriles is 1. The highest BCUT2D eigenvalue weighted by Gasteiger charge is 1.99. The van der Waals surface area contributed by atoms with E-state index in [9.17, 15) is 0 Å². The normalized spacial score (nSPS) is 12.1. The third kappa shape index (κ3) is 3.45. The number of nitrogens with zero attached hydrogens (tertiary/aromatic N) is 1. The Balaban J connectivity index is 2.51. The van der Waals surface area contributed by atoms with Crippen molar-refractivity contribution in [2.24, 2.45) is 0 Å². The van der Waals surface area contributed by atoms with Gasteiger partial charge in [0.1, 0.15) is 6.10 Å². The highest BCUT2D eigenvalue weighted by atomic mass is 35.5. The van der Waals surface area contributed by atoms with Gasteiger partial charge in [0, 0.05) is 5.02 Å². The van der Waals surface area contributed by atoms with Crippen molar-refractivity contribution in [2.45, 2.75) is 19.6 Å². The molecule has 3 heteroatoms. The van der Waals surface area contributed by atoms with Crippen LogP contribution in [0.4, 0.5) is 0 Å². The molecule has 1 unspecified atom stereocenters. The summed E-state index contributed by atoms with van der Waals surface area (Å²) in [6.45, 7) is 2.14. The molecule has 0 amide bonds. The van der Waals surface area contributed by atoms with Crippen LogP contribution in [-0.4, -0.2) is 6.10 Å². The average molecular weight is 196 g/mol. The summed E-state index contributed by atoms with van der Waals surface area (Å²) in [5, 5.41) is 9.15. The fourth-order valence-electron chi connectivity index (χ4n) is 0.885. The third-order valence-electron chi connectivity index (χ3n) is 1.57. The molecule has 0 spiro atoms.